The Labute approximate surface area is 203 Å². The lowest BCUT2D eigenvalue weighted by molar-refractivity contribution is -0.124. The van der Waals surface area contributed by atoms with Gasteiger partial charge in [-0.3, -0.25) is 4.79 Å². The Balaban J connectivity index is 1.84. The summed E-state index contributed by atoms with van der Waals surface area (Å²) >= 11 is 1.60. The van der Waals surface area contributed by atoms with Gasteiger partial charge in [-0.05, 0) is 30.5 Å². The van der Waals surface area contributed by atoms with Gasteiger partial charge in [0, 0.05) is 24.2 Å². The molecular weight excluding hydrogens is 450 g/mol. The minimum absolute atomic E-state index is 0.0538. The van der Waals surface area contributed by atoms with Gasteiger partial charge in [-0.25, -0.2) is 9.97 Å². The molecule has 0 aliphatic heterocycles. The number of aromatic amines is 1. The maximum Gasteiger partial charge on any atom is 0.237 e. The van der Waals surface area contributed by atoms with E-state index in [1.807, 2.05) is 11.6 Å². The Morgan fingerprint density at radius 2 is 2.03 bits per heavy atom. The number of amides is 1. The summed E-state index contributed by atoms with van der Waals surface area (Å²) in [6.07, 6.45) is 12.5. The first-order valence-corrected chi connectivity index (χ1v) is 16.0. The number of aromatic nitrogens is 3. The zero-order valence-corrected chi connectivity index (χ0v) is 22.6. The first-order chi connectivity index (χ1) is 15.6. The fourth-order valence-electron chi connectivity index (χ4n) is 4.22. The largest absolute Gasteiger partial charge is 0.405 e. The van der Waals surface area contributed by atoms with Gasteiger partial charge in [-0.15, -0.1) is 11.3 Å². The zero-order valence-electron chi connectivity index (χ0n) is 20.8. The molecule has 0 saturated heterocycles. The van der Waals surface area contributed by atoms with E-state index in [0.29, 0.717) is 12.3 Å². The highest BCUT2D eigenvalue weighted by Gasteiger charge is 2.43. The van der Waals surface area contributed by atoms with Crippen LogP contribution in [-0.2, 0) is 15.6 Å². The van der Waals surface area contributed by atoms with Crippen LogP contribution in [0.1, 0.15) is 76.1 Å². The Morgan fingerprint density at radius 1 is 1.30 bits per heavy atom. The first kappa shape index (κ1) is 26.1. The van der Waals surface area contributed by atoms with E-state index in [1.54, 1.807) is 23.9 Å². The summed E-state index contributed by atoms with van der Waals surface area (Å²) in [6, 6.07) is -0.821. The van der Waals surface area contributed by atoms with Crippen molar-refractivity contribution in [2.75, 3.05) is 0 Å². The summed E-state index contributed by atoms with van der Waals surface area (Å²) in [5.74, 6) is 0.427. The van der Waals surface area contributed by atoms with Crippen molar-refractivity contribution in [3.05, 3.63) is 34.8 Å². The van der Waals surface area contributed by atoms with Crippen LogP contribution >= 0.6 is 11.3 Å². The average Bonchev–Trinajstić information content (AvgIpc) is 3.46. The smallest absolute Gasteiger partial charge is 0.237 e. The molecule has 4 N–H and O–H groups in total. The summed E-state index contributed by atoms with van der Waals surface area (Å²) in [4.78, 5) is 25.0. The molecule has 9 heteroatoms. The van der Waals surface area contributed by atoms with Crippen molar-refractivity contribution in [2.24, 2.45) is 11.7 Å². The molecule has 7 nitrogen and oxygen atoms in total. The molecule has 1 aliphatic rings. The van der Waals surface area contributed by atoms with Gasteiger partial charge in [-0.2, -0.15) is 0 Å². The molecule has 1 saturated carbocycles. The summed E-state index contributed by atoms with van der Waals surface area (Å²) < 4.78 is 6.95. The molecule has 0 unspecified atom stereocenters. The molecule has 2 aromatic heterocycles. The Bertz CT molecular complexity index is 845. The van der Waals surface area contributed by atoms with Gasteiger partial charge < -0.3 is 20.5 Å². The average molecular weight is 492 g/mol. The highest BCUT2D eigenvalue weighted by molar-refractivity contribution is 7.09. The summed E-state index contributed by atoms with van der Waals surface area (Å²) in [5, 5.41) is 6.27. The van der Waals surface area contributed by atoms with Crippen molar-refractivity contribution in [2.45, 2.75) is 102 Å². The summed E-state index contributed by atoms with van der Waals surface area (Å²) in [5.41, 5.74) is 7.08. The standard InChI is InChI=1S/C24H41N5O2SSi/c1-24(2,3)33(4,5)31-21(23-27-11-12-32-23)20(13-17-9-7-6-8-10-17)29-22(30)19(25)14-18-15-26-16-28-18/h11-12,15-17,19-21H,6-10,13-14,25H2,1-5H3,(H,26,28)(H,29,30)/t19-,20+,21-/m0/s1. The highest BCUT2D eigenvalue weighted by Crippen LogP contribution is 2.42. The molecule has 184 valence electrons. The van der Waals surface area contributed by atoms with Crippen molar-refractivity contribution in [1.29, 1.82) is 0 Å². The van der Waals surface area contributed by atoms with Crippen LogP contribution in [0, 0.1) is 5.92 Å². The van der Waals surface area contributed by atoms with Crippen molar-refractivity contribution in [3.8, 4) is 0 Å². The number of nitrogens with one attached hydrogen (secondary N) is 2. The number of H-pyrrole nitrogens is 1. The SMILES string of the molecule is CC(C)(C)[Si](C)(C)O[C@H](c1nccs1)[C@@H](CC1CCCCC1)NC(=O)[C@@H](N)Cc1c[nH]cn1. The van der Waals surface area contributed by atoms with Crippen LogP contribution in [0.25, 0.3) is 0 Å². The van der Waals surface area contributed by atoms with Crippen LogP contribution in [-0.4, -0.2) is 41.3 Å². The lowest BCUT2D eigenvalue weighted by Gasteiger charge is -2.42. The van der Waals surface area contributed by atoms with E-state index in [9.17, 15) is 4.79 Å². The number of imidazole rings is 1. The molecule has 1 aliphatic carbocycles. The first-order valence-electron chi connectivity index (χ1n) is 12.2. The fourth-order valence-corrected chi connectivity index (χ4v) is 6.30. The number of hydrogen-bond acceptors (Lipinski definition) is 6. The molecular formula is C24H41N5O2SSi. The monoisotopic (exact) mass is 491 g/mol. The normalized spacial score (nSPS) is 18.6. The zero-order chi connectivity index (χ0) is 24.1. The number of carbonyl (C=O) groups is 1. The molecule has 3 atom stereocenters. The predicted octanol–water partition coefficient (Wildman–Crippen LogP) is 4.95. The lowest BCUT2D eigenvalue weighted by atomic mass is 9.83. The molecule has 3 rings (SSSR count). The molecule has 0 radical (unpaired) electrons. The Kier molecular flexibility index (Phi) is 8.88. The number of nitrogens with two attached hydrogens (primary N) is 1. The van der Waals surface area contributed by atoms with Gasteiger partial charge in [0.1, 0.15) is 11.1 Å². The molecule has 0 bridgehead atoms. The molecule has 2 heterocycles. The van der Waals surface area contributed by atoms with Crippen LogP contribution in [0.2, 0.25) is 18.1 Å². The molecule has 0 spiro atoms. The quantitative estimate of drug-likeness (QED) is 0.408. The van der Waals surface area contributed by atoms with Gasteiger partial charge in [0.2, 0.25) is 5.91 Å². The van der Waals surface area contributed by atoms with Crippen LogP contribution in [0.15, 0.2) is 24.1 Å². The number of carbonyl (C=O) groups excluding carboxylic acids is 1. The minimum Gasteiger partial charge on any atom is -0.405 e. The summed E-state index contributed by atoms with van der Waals surface area (Å²) in [6.45, 7) is 11.2. The molecule has 2 aromatic rings. The van der Waals surface area contributed by atoms with Gasteiger partial charge >= 0.3 is 0 Å². The van der Waals surface area contributed by atoms with Gasteiger partial charge in [-0.1, -0.05) is 52.9 Å². The Morgan fingerprint density at radius 3 is 2.61 bits per heavy atom. The van der Waals surface area contributed by atoms with Crippen LogP contribution < -0.4 is 11.1 Å². The predicted molar refractivity (Wildman–Crippen MR) is 137 cm³/mol. The van der Waals surface area contributed by atoms with E-state index in [-0.39, 0.29) is 23.1 Å². The second-order valence-electron chi connectivity index (χ2n) is 10.9. The van der Waals surface area contributed by atoms with Crippen LogP contribution in [0.4, 0.5) is 0 Å². The molecule has 1 fully saturated rings. The van der Waals surface area contributed by atoms with E-state index in [2.05, 4.69) is 54.1 Å². The fraction of sp³-hybridized carbons (Fsp3) is 0.708. The number of hydrogen-bond donors (Lipinski definition) is 3. The second kappa shape index (κ2) is 11.2. The van der Waals surface area contributed by atoms with Crippen molar-refractivity contribution in [1.82, 2.24) is 20.3 Å². The molecule has 0 aromatic carbocycles. The second-order valence-corrected chi connectivity index (χ2v) is 16.6. The topological polar surface area (TPSA) is 106 Å². The van der Waals surface area contributed by atoms with Crippen molar-refractivity contribution >= 4 is 25.6 Å². The minimum atomic E-state index is -2.11. The highest BCUT2D eigenvalue weighted by atomic mass is 32.1. The summed E-state index contributed by atoms with van der Waals surface area (Å²) in [7, 11) is -2.11. The third kappa shape index (κ3) is 7.21. The van der Waals surface area contributed by atoms with E-state index >= 15 is 0 Å². The van der Waals surface area contributed by atoms with Crippen molar-refractivity contribution in [3.63, 3.8) is 0 Å². The molecule has 33 heavy (non-hydrogen) atoms. The van der Waals surface area contributed by atoms with Crippen LogP contribution in [0.5, 0.6) is 0 Å². The Hall–Kier alpha value is -1.55. The van der Waals surface area contributed by atoms with E-state index in [1.165, 1.54) is 32.1 Å². The van der Waals surface area contributed by atoms with Crippen LogP contribution in [0.3, 0.4) is 0 Å². The van der Waals surface area contributed by atoms with Gasteiger partial charge in [0.15, 0.2) is 8.32 Å². The number of nitrogens with zero attached hydrogens (tertiary/aromatic N) is 2. The van der Waals surface area contributed by atoms with E-state index in [4.69, 9.17) is 10.2 Å². The number of rotatable bonds is 10. The maximum atomic E-state index is 13.2. The third-order valence-corrected chi connectivity index (χ3v) is 12.5. The third-order valence-electron chi connectivity index (χ3n) is 7.25. The van der Waals surface area contributed by atoms with Gasteiger partial charge in [0.25, 0.3) is 0 Å². The number of thiazole rings is 1. The lowest BCUT2D eigenvalue weighted by Crippen LogP contribution is -2.52. The molecule has 1 amide bonds. The maximum absolute atomic E-state index is 13.2. The van der Waals surface area contributed by atoms with Gasteiger partial charge in [0.05, 0.1) is 24.1 Å². The van der Waals surface area contributed by atoms with E-state index in [0.717, 1.165) is 17.1 Å². The van der Waals surface area contributed by atoms with Crippen molar-refractivity contribution < 1.29 is 9.22 Å². The van der Waals surface area contributed by atoms with E-state index < -0.39 is 14.4 Å².